The number of hydrogen-bond acceptors (Lipinski definition) is 2. The third-order valence-electron chi connectivity index (χ3n) is 2.63. The largest absolute Gasteiger partial charge is 0.476 e. The van der Waals surface area contributed by atoms with E-state index in [9.17, 15) is 4.79 Å². The first-order chi connectivity index (χ1) is 7.59. The van der Waals surface area contributed by atoms with E-state index in [0.717, 1.165) is 16.8 Å². The van der Waals surface area contributed by atoms with Crippen LogP contribution in [-0.2, 0) is 0 Å². The summed E-state index contributed by atoms with van der Waals surface area (Å²) in [7, 11) is 0. The second kappa shape index (κ2) is 3.81. The fourth-order valence-corrected chi connectivity index (χ4v) is 1.56. The van der Waals surface area contributed by atoms with Crippen LogP contribution < -0.4 is 0 Å². The second-order valence-corrected chi connectivity index (χ2v) is 3.67. The number of carboxylic acids is 1. The van der Waals surface area contributed by atoms with Gasteiger partial charge in [-0.05, 0) is 37.1 Å². The van der Waals surface area contributed by atoms with E-state index in [1.165, 1.54) is 6.07 Å². The van der Waals surface area contributed by atoms with Crippen LogP contribution >= 0.6 is 0 Å². The summed E-state index contributed by atoms with van der Waals surface area (Å²) in [6, 6.07) is 7.35. The highest BCUT2D eigenvalue weighted by atomic mass is 16.4. The summed E-state index contributed by atoms with van der Waals surface area (Å²) in [6.45, 7) is 4.01. The first kappa shape index (κ1) is 10.4. The Bertz CT molecular complexity index is 544. The Morgan fingerprint density at radius 3 is 2.69 bits per heavy atom. The predicted molar refractivity (Wildman–Crippen MR) is 60.0 cm³/mol. The van der Waals surface area contributed by atoms with Crippen molar-refractivity contribution in [3.05, 3.63) is 47.3 Å². The monoisotopic (exact) mass is 216 g/mol. The van der Waals surface area contributed by atoms with Crippen molar-refractivity contribution in [3.63, 3.8) is 0 Å². The Morgan fingerprint density at radius 2 is 2.06 bits per heavy atom. The van der Waals surface area contributed by atoms with Gasteiger partial charge in [0.1, 0.15) is 0 Å². The first-order valence-corrected chi connectivity index (χ1v) is 4.95. The lowest BCUT2D eigenvalue weighted by molar-refractivity contribution is 0.0690. The third-order valence-corrected chi connectivity index (χ3v) is 2.63. The molecular weight excluding hydrogens is 204 g/mol. The number of rotatable bonds is 2. The molecule has 0 saturated heterocycles. The topological polar surface area (TPSA) is 55.1 Å². The number of aromatic carboxylic acids is 1. The average molecular weight is 216 g/mol. The Kier molecular flexibility index (Phi) is 2.48. The molecule has 0 spiro atoms. The molecular formula is C12H12N2O2. The van der Waals surface area contributed by atoms with Gasteiger partial charge < -0.3 is 5.11 Å². The van der Waals surface area contributed by atoms with Crippen molar-refractivity contribution >= 4 is 5.97 Å². The molecule has 0 atom stereocenters. The fourth-order valence-electron chi connectivity index (χ4n) is 1.56. The zero-order valence-electron chi connectivity index (χ0n) is 9.14. The molecule has 0 unspecified atom stereocenters. The van der Waals surface area contributed by atoms with Crippen LogP contribution in [0.1, 0.15) is 21.6 Å². The summed E-state index contributed by atoms with van der Waals surface area (Å²) >= 11 is 0. The summed E-state index contributed by atoms with van der Waals surface area (Å²) in [5.41, 5.74) is 3.22. The van der Waals surface area contributed by atoms with Gasteiger partial charge in [0, 0.05) is 6.20 Å². The van der Waals surface area contributed by atoms with Gasteiger partial charge in [-0.1, -0.05) is 12.1 Å². The molecule has 0 aliphatic carbocycles. The van der Waals surface area contributed by atoms with E-state index in [0.29, 0.717) is 0 Å². The number of carboxylic acid groups (broad SMARTS) is 1. The summed E-state index contributed by atoms with van der Waals surface area (Å²) in [6.07, 6.45) is 1.66. The smallest absolute Gasteiger partial charge is 0.356 e. The van der Waals surface area contributed by atoms with Gasteiger partial charge in [0.15, 0.2) is 5.69 Å². The fraction of sp³-hybridized carbons (Fsp3) is 0.167. The predicted octanol–water partition coefficient (Wildman–Crippen LogP) is 2.19. The number of nitrogens with zero attached hydrogens (tertiary/aromatic N) is 2. The van der Waals surface area contributed by atoms with Crippen molar-refractivity contribution in [1.29, 1.82) is 0 Å². The molecule has 4 heteroatoms. The lowest BCUT2D eigenvalue weighted by atomic mass is 10.1. The molecule has 1 N–H and O–H groups in total. The zero-order valence-corrected chi connectivity index (χ0v) is 9.14. The number of carbonyl (C=O) groups is 1. The molecule has 1 aromatic heterocycles. The molecule has 16 heavy (non-hydrogen) atoms. The van der Waals surface area contributed by atoms with E-state index >= 15 is 0 Å². The average Bonchev–Trinajstić information content (AvgIpc) is 2.71. The van der Waals surface area contributed by atoms with Crippen LogP contribution in [-0.4, -0.2) is 20.9 Å². The van der Waals surface area contributed by atoms with Gasteiger partial charge in [-0.15, -0.1) is 0 Å². The Balaban J connectivity index is 2.50. The Morgan fingerprint density at radius 1 is 1.31 bits per heavy atom. The van der Waals surface area contributed by atoms with Crippen molar-refractivity contribution in [3.8, 4) is 5.69 Å². The highest BCUT2D eigenvalue weighted by molar-refractivity contribution is 5.85. The van der Waals surface area contributed by atoms with Crippen LogP contribution in [0.15, 0.2) is 30.5 Å². The number of aryl methyl sites for hydroxylation is 1. The number of hydrogen-bond donors (Lipinski definition) is 1. The molecule has 0 fully saturated rings. The molecule has 0 aliphatic rings. The van der Waals surface area contributed by atoms with E-state index < -0.39 is 5.97 Å². The molecule has 82 valence electrons. The zero-order chi connectivity index (χ0) is 11.7. The van der Waals surface area contributed by atoms with Crippen molar-refractivity contribution in [2.24, 2.45) is 0 Å². The van der Waals surface area contributed by atoms with E-state index in [1.807, 2.05) is 32.0 Å². The van der Waals surface area contributed by atoms with Crippen LogP contribution in [0.2, 0.25) is 0 Å². The summed E-state index contributed by atoms with van der Waals surface area (Å²) < 4.78 is 1.59. The van der Waals surface area contributed by atoms with Crippen molar-refractivity contribution < 1.29 is 9.90 Å². The maximum Gasteiger partial charge on any atom is 0.356 e. The molecule has 0 bridgehead atoms. The molecule has 1 heterocycles. The lowest BCUT2D eigenvalue weighted by Gasteiger charge is -2.07. The standard InChI is InChI=1S/C12H12N2O2/c1-8-4-3-5-11(9(8)2)14-7-6-10(13-14)12(15)16/h3-7H,1-2H3,(H,15,16). The minimum atomic E-state index is -1.01. The first-order valence-electron chi connectivity index (χ1n) is 4.95. The van der Waals surface area contributed by atoms with E-state index in [-0.39, 0.29) is 5.69 Å². The highest BCUT2D eigenvalue weighted by Gasteiger charge is 2.09. The molecule has 0 amide bonds. The van der Waals surface area contributed by atoms with Gasteiger partial charge in [0.25, 0.3) is 0 Å². The van der Waals surface area contributed by atoms with Gasteiger partial charge in [0.05, 0.1) is 5.69 Å². The maximum atomic E-state index is 10.7. The van der Waals surface area contributed by atoms with Crippen molar-refractivity contribution in [2.75, 3.05) is 0 Å². The lowest BCUT2D eigenvalue weighted by Crippen LogP contribution is -2.02. The Labute approximate surface area is 93.1 Å². The van der Waals surface area contributed by atoms with Crippen LogP contribution in [0.3, 0.4) is 0 Å². The van der Waals surface area contributed by atoms with Crippen LogP contribution in [0.5, 0.6) is 0 Å². The van der Waals surface area contributed by atoms with Gasteiger partial charge in [-0.25, -0.2) is 9.48 Å². The molecule has 2 aromatic rings. The Hall–Kier alpha value is -2.10. The quantitative estimate of drug-likeness (QED) is 0.837. The molecule has 0 radical (unpaired) electrons. The SMILES string of the molecule is Cc1cccc(-n2ccc(C(=O)O)n2)c1C. The minimum absolute atomic E-state index is 0.0564. The molecule has 1 aromatic carbocycles. The van der Waals surface area contributed by atoms with E-state index in [4.69, 9.17) is 5.11 Å². The summed E-state index contributed by atoms with van der Waals surface area (Å²) in [4.78, 5) is 10.7. The van der Waals surface area contributed by atoms with Crippen molar-refractivity contribution in [2.45, 2.75) is 13.8 Å². The van der Waals surface area contributed by atoms with E-state index in [1.54, 1.807) is 10.9 Å². The second-order valence-electron chi connectivity index (χ2n) is 3.67. The van der Waals surface area contributed by atoms with Crippen LogP contribution in [0, 0.1) is 13.8 Å². The summed E-state index contributed by atoms with van der Waals surface area (Å²) in [5.74, 6) is -1.01. The van der Waals surface area contributed by atoms with Gasteiger partial charge in [-0.2, -0.15) is 5.10 Å². The van der Waals surface area contributed by atoms with Gasteiger partial charge in [-0.3, -0.25) is 0 Å². The highest BCUT2D eigenvalue weighted by Crippen LogP contribution is 2.16. The molecule has 2 rings (SSSR count). The molecule has 0 aliphatic heterocycles. The van der Waals surface area contributed by atoms with Crippen LogP contribution in [0.25, 0.3) is 5.69 Å². The normalized spacial score (nSPS) is 10.4. The third kappa shape index (κ3) is 1.69. The van der Waals surface area contributed by atoms with Crippen molar-refractivity contribution in [1.82, 2.24) is 9.78 Å². The van der Waals surface area contributed by atoms with E-state index in [2.05, 4.69) is 5.10 Å². The van der Waals surface area contributed by atoms with Gasteiger partial charge in [0.2, 0.25) is 0 Å². The number of benzene rings is 1. The van der Waals surface area contributed by atoms with Crippen LogP contribution in [0.4, 0.5) is 0 Å². The minimum Gasteiger partial charge on any atom is -0.476 e. The summed E-state index contributed by atoms with van der Waals surface area (Å²) in [5, 5.41) is 12.8. The molecule has 0 saturated carbocycles. The number of aromatic nitrogens is 2. The maximum absolute atomic E-state index is 10.7. The van der Waals surface area contributed by atoms with Gasteiger partial charge >= 0.3 is 5.97 Å². The molecule has 4 nitrogen and oxygen atoms in total.